The van der Waals surface area contributed by atoms with Gasteiger partial charge in [0.2, 0.25) is 0 Å². The first-order valence-electron chi connectivity index (χ1n) is 12.6. The molecule has 1 aliphatic heterocycles. The Hall–Kier alpha value is -2.42. The van der Waals surface area contributed by atoms with E-state index in [4.69, 9.17) is 0 Å². The minimum Gasteiger partial charge on any atom is -0.334 e. The minimum atomic E-state index is -0.248. The second-order valence-electron chi connectivity index (χ2n) is 10.0. The quantitative estimate of drug-likeness (QED) is 0.382. The number of thiophene rings is 2. The highest BCUT2D eigenvalue weighted by atomic mass is 32.1. The van der Waals surface area contributed by atoms with Crippen LogP contribution in [0.3, 0.4) is 0 Å². The number of anilines is 1. The number of nitrogens with one attached hydrogen (secondary N) is 2. The molecule has 4 heterocycles. The number of fused-ring (bicyclic) bond motifs is 2. The molecule has 2 amide bonds. The van der Waals surface area contributed by atoms with Crippen LogP contribution in [0.1, 0.15) is 70.4 Å². The third-order valence-corrected chi connectivity index (χ3v) is 9.34. The van der Waals surface area contributed by atoms with Crippen molar-refractivity contribution in [3.05, 3.63) is 56.5 Å². The number of amides is 2. The number of rotatable bonds is 7. The van der Waals surface area contributed by atoms with Crippen LogP contribution in [0.25, 0.3) is 5.00 Å². The van der Waals surface area contributed by atoms with Crippen LogP contribution in [-0.4, -0.2) is 34.4 Å². The van der Waals surface area contributed by atoms with Crippen LogP contribution in [0.15, 0.2) is 24.5 Å². The van der Waals surface area contributed by atoms with Crippen molar-refractivity contribution in [1.82, 2.24) is 14.8 Å². The number of urea groups is 1. The molecule has 0 fully saturated rings. The maximum absolute atomic E-state index is 13.0. The van der Waals surface area contributed by atoms with Crippen LogP contribution < -0.4 is 10.6 Å². The van der Waals surface area contributed by atoms with Crippen LogP contribution >= 0.6 is 22.7 Å². The molecule has 0 bridgehead atoms. The van der Waals surface area contributed by atoms with Gasteiger partial charge in [0.25, 0.3) is 0 Å². The average molecular weight is 511 g/mol. The van der Waals surface area contributed by atoms with E-state index in [0.29, 0.717) is 23.0 Å². The van der Waals surface area contributed by atoms with Crippen LogP contribution in [0.4, 0.5) is 9.80 Å². The Labute approximate surface area is 215 Å². The summed E-state index contributed by atoms with van der Waals surface area (Å²) in [5.41, 5.74) is 4.45. The van der Waals surface area contributed by atoms with Crippen molar-refractivity contribution < 1.29 is 9.59 Å². The third kappa shape index (κ3) is 5.10. The Bertz CT molecular complexity index is 1220. The molecule has 5 rings (SSSR count). The Balaban J connectivity index is 1.35. The lowest BCUT2D eigenvalue weighted by Gasteiger charge is -2.28. The van der Waals surface area contributed by atoms with Crippen LogP contribution in [0.5, 0.6) is 0 Å². The largest absolute Gasteiger partial charge is 0.334 e. The van der Waals surface area contributed by atoms with Gasteiger partial charge in [0.05, 0.1) is 5.56 Å². The monoisotopic (exact) mass is 510 g/mol. The summed E-state index contributed by atoms with van der Waals surface area (Å²) in [6.07, 6.45) is 9.33. The zero-order valence-electron chi connectivity index (χ0n) is 20.8. The summed E-state index contributed by atoms with van der Waals surface area (Å²) >= 11 is 3.41. The topological polar surface area (TPSA) is 66.4 Å². The van der Waals surface area contributed by atoms with Crippen LogP contribution in [0.2, 0.25) is 0 Å². The van der Waals surface area contributed by atoms with Crippen LogP contribution in [0, 0.1) is 5.92 Å². The molecule has 2 aliphatic rings. The molecule has 3 aromatic heterocycles. The molecule has 0 radical (unpaired) electrons. The van der Waals surface area contributed by atoms with Crippen molar-refractivity contribution in [2.75, 3.05) is 18.4 Å². The van der Waals surface area contributed by atoms with Gasteiger partial charge in [-0.1, -0.05) is 13.8 Å². The molecule has 6 nitrogen and oxygen atoms in total. The van der Waals surface area contributed by atoms with Crippen molar-refractivity contribution in [2.45, 2.75) is 66.0 Å². The number of hydrogen-bond acceptors (Lipinski definition) is 5. The molecule has 2 N–H and O–H groups in total. The van der Waals surface area contributed by atoms with E-state index in [0.717, 1.165) is 57.3 Å². The Kier molecular flexibility index (Phi) is 7.14. The fourth-order valence-corrected chi connectivity index (χ4v) is 8.09. The number of aromatic nitrogens is 1. The predicted molar refractivity (Wildman–Crippen MR) is 144 cm³/mol. The Morgan fingerprint density at radius 1 is 1.03 bits per heavy atom. The van der Waals surface area contributed by atoms with Gasteiger partial charge in [-0.25, -0.2) is 4.79 Å². The molecule has 186 valence electrons. The van der Waals surface area contributed by atoms with E-state index in [1.807, 2.05) is 23.5 Å². The predicted octanol–water partition coefficient (Wildman–Crippen LogP) is 6.02. The highest BCUT2D eigenvalue weighted by Crippen LogP contribution is 2.39. The standard InChI is InChI=1S/C27H34N4O2S2/c1-17(2)15-30-13-10-19-21(26(35-23(19)16-30)31-11-6-7-12-31)14-28-27(33)29-25-24(18(3)32)20-8-4-5-9-22(20)34-25/h6-7,11-12,17H,4-5,8-10,13-16H2,1-3H3,(H2,28,29,33). The Morgan fingerprint density at radius 2 is 1.80 bits per heavy atom. The maximum Gasteiger partial charge on any atom is 0.320 e. The molecule has 0 saturated heterocycles. The number of Topliss-reactive ketones (excluding diaryl/α,β-unsaturated/α-hetero) is 1. The van der Waals surface area contributed by atoms with Gasteiger partial charge in [-0.15, -0.1) is 22.7 Å². The number of aryl methyl sites for hydroxylation is 1. The highest BCUT2D eigenvalue weighted by molar-refractivity contribution is 7.17. The zero-order valence-corrected chi connectivity index (χ0v) is 22.4. The molecule has 0 atom stereocenters. The molecular weight excluding hydrogens is 476 g/mol. The van der Waals surface area contributed by atoms with Gasteiger partial charge in [-0.2, -0.15) is 0 Å². The lowest BCUT2D eigenvalue weighted by Crippen LogP contribution is -2.33. The highest BCUT2D eigenvalue weighted by Gasteiger charge is 2.27. The number of ketones is 1. The summed E-state index contributed by atoms with van der Waals surface area (Å²) in [4.78, 5) is 30.6. The maximum atomic E-state index is 13.0. The molecule has 8 heteroatoms. The SMILES string of the molecule is CC(=O)c1c(NC(=O)NCc2c(-n3cccc3)sc3c2CCN(CC(C)C)C3)sc2c1CCCC2. The number of nitrogens with zero attached hydrogens (tertiary/aromatic N) is 2. The minimum absolute atomic E-state index is 0.0347. The fourth-order valence-electron chi connectivity index (χ4n) is 5.38. The van der Waals surface area contributed by atoms with Gasteiger partial charge < -0.3 is 9.88 Å². The lowest BCUT2D eigenvalue weighted by atomic mass is 9.94. The fraction of sp³-hybridized carbons (Fsp3) is 0.481. The van der Waals surface area contributed by atoms with Crippen molar-refractivity contribution in [1.29, 1.82) is 0 Å². The first kappa shape index (κ1) is 24.3. The first-order valence-corrected chi connectivity index (χ1v) is 14.2. The zero-order chi connectivity index (χ0) is 24.5. The van der Waals surface area contributed by atoms with E-state index in [2.05, 4.69) is 46.3 Å². The van der Waals surface area contributed by atoms with E-state index in [1.165, 1.54) is 25.9 Å². The van der Waals surface area contributed by atoms with E-state index >= 15 is 0 Å². The second kappa shape index (κ2) is 10.3. The van der Waals surface area contributed by atoms with Crippen molar-refractivity contribution >= 4 is 39.5 Å². The second-order valence-corrected chi connectivity index (χ2v) is 12.2. The molecular formula is C27H34N4O2S2. The number of hydrogen-bond donors (Lipinski definition) is 2. The normalized spacial score (nSPS) is 15.7. The molecule has 0 aromatic carbocycles. The summed E-state index contributed by atoms with van der Waals surface area (Å²) in [6.45, 7) is 9.74. The molecule has 35 heavy (non-hydrogen) atoms. The van der Waals surface area contributed by atoms with Gasteiger partial charge in [-0.05, 0) is 68.2 Å². The molecule has 0 saturated carbocycles. The summed E-state index contributed by atoms with van der Waals surface area (Å²) in [6, 6.07) is 3.83. The van der Waals surface area contributed by atoms with Crippen molar-refractivity contribution in [3.8, 4) is 5.00 Å². The van der Waals surface area contributed by atoms with Crippen molar-refractivity contribution in [2.24, 2.45) is 5.92 Å². The van der Waals surface area contributed by atoms with Gasteiger partial charge in [0, 0.05) is 53.9 Å². The first-order chi connectivity index (χ1) is 16.9. The molecule has 3 aromatic rings. The molecule has 1 aliphatic carbocycles. The molecule has 0 unspecified atom stereocenters. The number of carbonyl (C=O) groups is 2. The summed E-state index contributed by atoms with van der Waals surface area (Å²) in [5.74, 6) is 0.681. The summed E-state index contributed by atoms with van der Waals surface area (Å²) < 4.78 is 2.16. The van der Waals surface area contributed by atoms with Gasteiger partial charge in [0.1, 0.15) is 10.0 Å². The van der Waals surface area contributed by atoms with E-state index in [1.54, 1.807) is 18.3 Å². The summed E-state index contributed by atoms with van der Waals surface area (Å²) in [5, 5.41) is 7.99. The average Bonchev–Trinajstić information content (AvgIpc) is 3.53. The summed E-state index contributed by atoms with van der Waals surface area (Å²) in [7, 11) is 0. The molecule has 0 spiro atoms. The van der Waals surface area contributed by atoms with Crippen LogP contribution in [-0.2, 0) is 32.4 Å². The van der Waals surface area contributed by atoms with E-state index in [9.17, 15) is 9.59 Å². The van der Waals surface area contributed by atoms with Gasteiger partial charge in [-0.3, -0.25) is 15.0 Å². The smallest absolute Gasteiger partial charge is 0.320 e. The lowest BCUT2D eigenvalue weighted by molar-refractivity contribution is 0.101. The third-order valence-electron chi connectivity index (χ3n) is 6.86. The van der Waals surface area contributed by atoms with Gasteiger partial charge in [0.15, 0.2) is 5.78 Å². The van der Waals surface area contributed by atoms with Crippen molar-refractivity contribution in [3.63, 3.8) is 0 Å². The number of carbonyl (C=O) groups excluding carboxylic acids is 2. The van der Waals surface area contributed by atoms with Gasteiger partial charge >= 0.3 is 6.03 Å². The van der Waals surface area contributed by atoms with E-state index in [-0.39, 0.29) is 11.8 Å². The van der Waals surface area contributed by atoms with E-state index < -0.39 is 0 Å². The Morgan fingerprint density at radius 3 is 2.54 bits per heavy atom.